The van der Waals surface area contributed by atoms with Crippen LogP contribution < -0.4 is 0 Å². The van der Waals surface area contributed by atoms with Crippen molar-refractivity contribution in [2.75, 3.05) is 52.9 Å². The number of hydrogen-bond acceptors (Lipinski definition) is 0. The number of piperazine rings is 1. The zero-order valence-corrected chi connectivity index (χ0v) is 12.7. The minimum absolute atomic E-state index is 1.33. The Morgan fingerprint density at radius 2 is 1.29 bits per heavy atom. The third-order valence-electron chi connectivity index (χ3n) is 4.94. The molecule has 0 bridgehead atoms. The van der Waals surface area contributed by atoms with Crippen LogP contribution in [0.5, 0.6) is 0 Å². The number of likely N-dealkylation sites (N-methyl/N-ethyl adjacent to an activating group) is 2. The van der Waals surface area contributed by atoms with Crippen molar-refractivity contribution >= 4 is 0 Å². The molecule has 17 heavy (non-hydrogen) atoms. The molecule has 2 heteroatoms. The van der Waals surface area contributed by atoms with Crippen LogP contribution in [0.2, 0.25) is 0 Å². The van der Waals surface area contributed by atoms with Gasteiger partial charge in [0.15, 0.2) is 0 Å². The van der Waals surface area contributed by atoms with Crippen molar-refractivity contribution in [1.29, 1.82) is 0 Å². The van der Waals surface area contributed by atoms with Crippen molar-refractivity contribution in [2.45, 2.75) is 46.5 Å². The van der Waals surface area contributed by atoms with E-state index in [4.69, 9.17) is 0 Å². The highest BCUT2D eigenvalue weighted by Crippen LogP contribution is 2.19. The Labute approximate surface area is 109 Å². The van der Waals surface area contributed by atoms with Crippen molar-refractivity contribution in [3.63, 3.8) is 0 Å². The van der Waals surface area contributed by atoms with Gasteiger partial charge in [0.05, 0.1) is 26.7 Å². The molecule has 0 spiro atoms. The lowest BCUT2D eigenvalue weighted by molar-refractivity contribution is -1.02. The van der Waals surface area contributed by atoms with Gasteiger partial charge in [0.25, 0.3) is 0 Å². The van der Waals surface area contributed by atoms with Crippen LogP contribution in [0.15, 0.2) is 0 Å². The lowest BCUT2D eigenvalue weighted by Gasteiger charge is -2.48. The molecule has 1 saturated heterocycles. The third-order valence-corrected chi connectivity index (χ3v) is 4.94. The molecule has 1 aliphatic heterocycles. The van der Waals surface area contributed by atoms with Crippen LogP contribution in [0.1, 0.15) is 46.5 Å². The van der Waals surface area contributed by atoms with Crippen LogP contribution in [-0.2, 0) is 0 Å². The molecule has 0 N–H and O–H groups in total. The van der Waals surface area contributed by atoms with E-state index in [1.54, 1.807) is 0 Å². The van der Waals surface area contributed by atoms with E-state index in [9.17, 15) is 0 Å². The lowest BCUT2D eigenvalue weighted by Crippen LogP contribution is -2.65. The topological polar surface area (TPSA) is 0 Å². The molecule has 1 fully saturated rings. The fourth-order valence-electron chi connectivity index (χ4n) is 3.09. The average molecular weight is 242 g/mol. The molecule has 0 unspecified atom stereocenters. The van der Waals surface area contributed by atoms with E-state index in [1.165, 1.54) is 80.5 Å². The summed E-state index contributed by atoms with van der Waals surface area (Å²) in [6.45, 7) is 16.8. The standard InChI is InChI=1S/C15H34N2/c1-5-8-10-16(4)12-14-17(7-3,15-13-16)11-9-6-2/h5-15H2,1-4H3/q+2. The summed E-state index contributed by atoms with van der Waals surface area (Å²) in [5.74, 6) is 0. The van der Waals surface area contributed by atoms with Gasteiger partial charge in [-0.1, -0.05) is 26.7 Å². The smallest absolute Gasteiger partial charge is 0.129 e. The lowest BCUT2D eigenvalue weighted by atomic mass is 10.1. The minimum atomic E-state index is 1.33. The van der Waals surface area contributed by atoms with E-state index in [2.05, 4.69) is 27.8 Å². The number of quaternary nitrogens is 2. The van der Waals surface area contributed by atoms with Gasteiger partial charge in [-0.2, -0.15) is 0 Å². The van der Waals surface area contributed by atoms with Gasteiger partial charge in [-0.25, -0.2) is 0 Å². The first-order chi connectivity index (χ1) is 8.10. The van der Waals surface area contributed by atoms with Crippen LogP contribution in [0.25, 0.3) is 0 Å². The third kappa shape index (κ3) is 4.26. The molecule has 1 heterocycles. The van der Waals surface area contributed by atoms with Gasteiger partial charge < -0.3 is 8.97 Å². The van der Waals surface area contributed by atoms with Crippen LogP contribution in [0, 0.1) is 0 Å². The van der Waals surface area contributed by atoms with Crippen molar-refractivity contribution in [3.8, 4) is 0 Å². The van der Waals surface area contributed by atoms with E-state index in [1.807, 2.05) is 0 Å². The summed E-state index contributed by atoms with van der Waals surface area (Å²) in [5.41, 5.74) is 0. The second-order valence-corrected chi connectivity index (χ2v) is 6.33. The first-order valence-electron chi connectivity index (χ1n) is 7.78. The van der Waals surface area contributed by atoms with Crippen molar-refractivity contribution in [3.05, 3.63) is 0 Å². The summed E-state index contributed by atoms with van der Waals surface area (Å²) in [5, 5.41) is 0. The molecule has 0 saturated carbocycles. The highest BCUT2D eigenvalue weighted by atomic mass is 15.5. The second kappa shape index (κ2) is 6.75. The molecular weight excluding hydrogens is 208 g/mol. The molecule has 0 aliphatic carbocycles. The van der Waals surface area contributed by atoms with Crippen molar-refractivity contribution in [2.24, 2.45) is 0 Å². The highest BCUT2D eigenvalue weighted by Gasteiger charge is 2.37. The van der Waals surface area contributed by atoms with E-state index in [0.717, 1.165) is 0 Å². The van der Waals surface area contributed by atoms with E-state index < -0.39 is 0 Å². The Balaban J connectivity index is 2.46. The number of unbranched alkanes of at least 4 members (excludes halogenated alkanes) is 2. The monoisotopic (exact) mass is 242 g/mol. The van der Waals surface area contributed by atoms with Gasteiger partial charge >= 0.3 is 0 Å². The Hall–Kier alpha value is -0.0800. The summed E-state index contributed by atoms with van der Waals surface area (Å²) < 4.78 is 2.73. The zero-order chi connectivity index (χ0) is 12.8. The summed E-state index contributed by atoms with van der Waals surface area (Å²) in [6, 6.07) is 0. The summed E-state index contributed by atoms with van der Waals surface area (Å²) in [4.78, 5) is 0. The molecular formula is C15H34N2+2. The fraction of sp³-hybridized carbons (Fsp3) is 1.00. The maximum Gasteiger partial charge on any atom is 0.129 e. The highest BCUT2D eigenvalue weighted by molar-refractivity contribution is 4.53. The van der Waals surface area contributed by atoms with Gasteiger partial charge in [0.1, 0.15) is 26.2 Å². The molecule has 0 aromatic carbocycles. The van der Waals surface area contributed by atoms with Crippen molar-refractivity contribution in [1.82, 2.24) is 0 Å². The predicted octanol–water partition coefficient (Wildman–Crippen LogP) is 2.88. The van der Waals surface area contributed by atoms with Gasteiger partial charge in [-0.15, -0.1) is 0 Å². The van der Waals surface area contributed by atoms with Gasteiger partial charge in [-0.05, 0) is 19.8 Å². The van der Waals surface area contributed by atoms with Crippen LogP contribution in [-0.4, -0.2) is 61.8 Å². The Morgan fingerprint density at radius 1 is 0.765 bits per heavy atom. The molecule has 2 nitrogen and oxygen atoms in total. The zero-order valence-electron chi connectivity index (χ0n) is 12.7. The van der Waals surface area contributed by atoms with Crippen LogP contribution >= 0.6 is 0 Å². The van der Waals surface area contributed by atoms with E-state index in [0.29, 0.717) is 0 Å². The minimum Gasteiger partial charge on any atom is -0.317 e. The molecule has 1 rings (SSSR count). The summed E-state index contributed by atoms with van der Waals surface area (Å²) in [6.07, 6.45) is 5.50. The normalized spacial score (nSPS) is 33.9. The molecule has 0 radical (unpaired) electrons. The molecule has 0 amide bonds. The maximum atomic E-state index is 2.47. The Morgan fingerprint density at radius 3 is 1.76 bits per heavy atom. The van der Waals surface area contributed by atoms with Crippen LogP contribution in [0.3, 0.4) is 0 Å². The van der Waals surface area contributed by atoms with Gasteiger partial charge in [0.2, 0.25) is 0 Å². The fourth-order valence-corrected chi connectivity index (χ4v) is 3.09. The average Bonchev–Trinajstić information content (AvgIpc) is 2.37. The van der Waals surface area contributed by atoms with Crippen LogP contribution in [0.4, 0.5) is 0 Å². The SMILES string of the molecule is CCCC[N+]1(C)CC[N+](CC)(CCCC)CC1. The Bertz CT molecular complexity index is 205. The summed E-state index contributed by atoms with van der Waals surface area (Å²) >= 11 is 0. The second-order valence-electron chi connectivity index (χ2n) is 6.33. The predicted molar refractivity (Wildman–Crippen MR) is 76.0 cm³/mol. The molecule has 1 aliphatic rings. The number of rotatable bonds is 7. The molecule has 0 aromatic rings. The van der Waals surface area contributed by atoms with E-state index >= 15 is 0 Å². The number of hydrogen-bond donors (Lipinski definition) is 0. The maximum absolute atomic E-state index is 2.47. The summed E-state index contributed by atoms with van der Waals surface area (Å²) in [7, 11) is 2.47. The Kier molecular flexibility index (Phi) is 5.94. The molecule has 102 valence electrons. The first kappa shape index (κ1) is 15.0. The molecule has 0 atom stereocenters. The van der Waals surface area contributed by atoms with Gasteiger partial charge in [-0.3, -0.25) is 0 Å². The largest absolute Gasteiger partial charge is 0.317 e. The molecule has 0 aromatic heterocycles. The first-order valence-corrected chi connectivity index (χ1v) is 7.78. The quantitative estimate of drug-likeness (QED) is 0.602. The van der Waals surface area contributed by atoms with Crippen molar-refractivity contribution < 1.29 is 8.97 Å². The van der Waals surface area contributed by atoms with Gasteiger partial charge in [0, 0.05) is 0 Å². The van der Waals surface area contributed by atoms with E-state index in [-0.39, 0.29) is 0 Å². The number of nitrogens with zero attached hydrogens (tertiary/aromatic N) is 2.